The van der Waals surface area contributed by atoms with Gasteiger partial charge in [-0.3, -0.25) is 0 Å². The smallest absolute Gasteiger partial charge is 0.0175 e. The standard InChI is InChI=1S/C21H17Br2N/c22-19-9-5-16(6-10-19)15-1-3-17(4-2-15)21(13-14-24)18-7-11-20(23)12-8-18/h1-13H,14,24H2. The van der Waals surface area contributed by atoms with E-state index in [4.69, 9.17) is 5.73 Å². The van der Waals surface area contributed by atoms with Crippen LogP contribution < -0.4 is 5.73 Å². The molecule has 0 heterocycles. The third kappa shape index (κ3) is 4.04. The molecule has 0 bridgehead atoms. The zero-order valence-electron chi connectivity index (χ0n) is 13.0. The molecule has 3 aromatic carbocycles. The SMILES string of the molecule is NCC=C(c1ccc(Br)cc1)c1ccc(-c2ccc(Br)cc2)cc1. The lowest BCUT2D eigenvalue weighted by Gasteiger charge is -2.10. The lowest BCUT2D eigenvalue weighted by Crippen LogP contribution is -1.97. The van der Waals surface area contributed by atoms with Crippen molar-refractivity contribution in [2.45, 2.75) is 0 Å². The van der Waals surface area contributed by atoms with Gasteiger partial charge in [-0.15, -0.1) is 0 Å². The van der Waals surface area contributed by atoms with Gasteiger partial charge in [0, 0.05) is 15.5 Å². The summed E-state index contributed by atoms with van der Waals surface area (Å²) in [7, 11) is 0. The van der Waals surface area contributed by atoms with Crippen molar-refractivity contribution in [3.05, 3.63) is 98.9 Å². The Bertz CT molecular complexity index is 833. The van der Waals surface area contributed by atoms with Gasteiger partial charge < -0.3 is 5.73 Å². The molecular weight excluding hydrogens is 426 g/mol. The monoisotopic (exact) mass is 441 g/mol. The Morgan fingerprint density at radius 3 is 1.50 bits per heavy atom. The van der Waals surface area contributed by atoms with E-state index in [0.717, 1.165) is 14.5 Å². The minimum absolute atomic E-state index is 0.514. The second-order valence-corrected chi connectivity index (χ2v) is 7.28. The van der Waals surface area contributed by atoms with Crippen LogP contribution >= 0.6 is 31.9 Å². The highest BCUT2D eigenvalue weighted by Gasteiger charge is 2.06. The zero-order valence-corrected chi connectivity index (χ0v) is 16.2. The van der Waals surface area contributed by atoms with E-state index in [-0.39, 0.29) is 0 Å². The van der Waals surface area contributed by atoms with E-state index < -0.39 is 0 Å². The average Bonchev–Trinajstić information content (AvgIpc) is 2.62. The van der Waals surface area contributed by atoms with Gasteiger partial charge in [-0.2, -0.15) is 0 Å². The maximum Gasteiger partial charge on any atom is 0.0175 e. The molecule has 0 spiro atoms. The normalized spacial score (nSPS) is 11.5. The first-order valence-corrected chi connectivity index (χ1v) is 9.28. The van der Waals surface area contributed by atoms with Gasteiger partial charge in [0.25, 0.3) is 0 Å². The van der Waals surface area contributed by atoms with Crippen LogP contribution in [0.5, 0.6) is 0 Å². The Morgan fingerprint density at radius 1 is 0.667 bits per heavy atom. The molecule has 0 radical (unpaired) electrons. The lowest BCUT2D eigenvalue weighted by atomic mass is 9.95. The molecule has 0 saturated carbocycles. The summed E-state index contributed by atoms with van der Waals surface area (Å²) in [4.78, 5) is 0. The van der Waals surface area contributed by atoms with Crippen molar-refractivity contribution in [1.82, 2.24) is 0 Å². The van der Waals surface area contributed by atoms with Crippen molar-refractivity contribution in [2.75, 3.05) is 6.54 Å². The van der Waals surface area contributed by atoms with Crippen LogP contribution in [0.4, 0.5) is 0 Å². The quantitative estimate of drug-likeness (QED) is 0.506. The van der Waals surface area contributed by atoms with Gasteiger partial charge in [0.15, 0.2) is 0 Å². The highest BCUT2D eigenvalue weighted by atomic mass is 79.9. The number of rotatable bonds is 4. The average molecular weight is 443 g/mol. The highest BCUT2D eigenvalue weighted by Crippen LogP contribution is 2.28. The number of benzene rings is 3. The van der Waals surface area contributed by atoms with E-state index in [2.05, 4.69) is 111 Å². The van der Waals surface area contributed by atoms with E-state index in [0.29, 0.717) is 6.54 Å². The van der Waals surface area contributed by atoms with Crippen molar-refractivity contribution in [2.24, 2.45) is 5.73 Å². The van der Waals surface area contributed by atoms with Crippen LogP contribution in [0.1, 0.15) is 11.1 Å². The number of nitrogens with two attached hydrogens (primary N) is 1. The summed E-state index contributed by atoms with van der Waals surface area (Å²) >= 11 is 6.96. The van der Waals surface area contributed by atoms with Gasteiger partial charge in [-0.25, -0.2) is 0 Å². The zero-order chi connectivity index (χ0) is 16.9. The minimum Gasteiger partial charge on any atom is -0.327 e. The fraction of sp³-hybridized carbons (Fsp3) is 0.0476. The van der Waals surface area contributed by atoms with Gasteiger partial charge in [-0.1, -0.05) is 86.5 Å². The van der Waals surface area contributed by atoms with Crippen LogP contribution in [0.25, 0.3) is 16.7 Å². The molecule has 2 N–H and O–H groups in total. The summed E-state index contributed by atoms with van der Waals surface area (Å²) in [6.07, 6.45) is 2.07. The molecule has 24 heavy (non-hydrogen) atoms. The predicted molar refractivity (Wildman–Crippen MR) is 110 cm³/mol. The molecule has 0 aromatic heterocycles. The van der Waals surface area contributed by atoms with Crippen LogP contribution in [0, 0.1) is 0 Å². The Hall–Kier alpha value is -1.68. The largest absolute Gasteiger partial charge is 0.327 e. The molecule has 0 fully saturated rings. The van der Waals surface area contributed by atoms with Crippen LogP contribution in [0.2, 0.25) is 0 Å². The summed E-state index contributed by atoms with van der Waals surface area (Å²) in [5.74, 6) is 0. The van der Waals surface area contributed by atoms with Crippen LogP contribution in [0.3, 0.4) is 0 Å². The van der Waals surface area contributed by atoms with E-state index in [9.17, 15) is 0 Å². The van der Waals surface area contributed by atoms with Gasteiger partial charge in [0.1, 0.15) is 0 Å². The summed E-state index contributed by atoms with van der Waals surface area (Å²) in [6.45, 7) is 0.514. The van der Waals surface area contributed by atoms with Crippen molar-refractivity contribution in [3.8, 4) is 11.1 Å². The molecule has 3 rings (SSSR count). The summed E-state index contributed by atoms with van der Waals surface area (Å²) < 4.78 is 2.16. The molecule has 120 valence electrons. The Balaban J connectivity index is 1.94. The Kier molecular flexibility index (Phi) is 5.67. The minimum atomic E-state index is 0.514. The Morgan fingerprint density at radius 2 is 1.04 bits per heavy atom. The predicted octanol–water partition coefficient (Wildman–Crippen LogP) is 6.27. The molecule has 0 aliphatic rings. The first-order chi connectivity index (χ1) is 11.7. The van der Waals surface area contributed by atoms with Crippen molar-refractivity contribution < 1.29 is 0 Å². The van der Waals surface area contributed by atoms with E-state index in [1.54, 1.807) is 0 Å². The molecular formula is C21H17Br2N. The summed E-state index contributed by atoms with van der Waals surface area (Å²) in [6, 6.07) is 25.3. The summed E-state index contributed by atoms with van der Waals surface area (Å²) in [5, 5.41) is 0. The second kappa shape index (κ2) is 7.93. The topological polar surface area (TPSA) is 26.0 Å². The van der Waals surface area contributed by atoms with Gasteiger partial charge in [0.05, 0.1) is 0 Å². The molecule has 3 heteroatoms. The molecule has 3 aromatic rings. The fourth-order valence-corrected chi connectivity index (χ4v) is 3.16. The highest BCUT2D eigenvalue weighted by molar-refractivity contribution is 9.10. The number of halogens is 2. The molecule has 0 unspecified atom stereocenters. The van der Waals surface area contributed by atoms with E-state index >= 15 is 0 Å². The van der Waals surface area contributed by atoms with Gasteiger partial charge >= 0.3 is 0 Å². The lowest BCUT2D eigenvalue weighted by molar-refractivity contribution is 1.25. The van der Waals surface area contributed by atoms with E-state index in [1.807, 2.05) is 0 Å². The second-order valence-electron chi connectivity index (χ2n) is 5.44. The van der Waals surface area contributed by atoms with Crippen molar-refractivity contribution in [3.63, 3.8) is 0 Å². The molecule has 0 atom stereocenters. The van der Waals surface area contributed by atoms with Gasteiger partial charge in [-0.05, 0) is 52.1 Å². The number of hydrogen-bond acceptors (Lipinski definition) is 1. The maximum absolute atomic E-state index is 5.78. The number of hydrogen-bond donors (Lipinski definition) is 1. The molecule has 0 saturated heterocycles. The van der Waals surface area contributed by atoms with Gasteiger partial charge in [0.2, 0.25) is 0 Å². The van der Waals surface area contributed by atoms with E-state index in [1.165, 1.54) is 22.3 Å². The van der Waals surface area contributed by atoms with Crippen LogP contribution in [-0.4, -0.2) is 6.54 Å². The van der Waals surface area contributed by atoms with Crippen LogP contribution in [-0.2, 0) is 0 Å². The van der Waals surface area contributed by atoms with Crippen molar-refractivity contribution >= 4 is 37.4 Å². The molecule has 1 nitrogen and oxygen atoms in total. The Labute approximate surface area is 159 Å². The maximum atomic E-state index is 5.78. The first-order valence-electron chi connectivity index (χ1n) is 7.70. The molecule has 0 amide bonds. The molecule has 0 aliphatic carbocycles. The summed E-state index contributed by atoms with van der Waals surface area (Å²) in [5.41, 5.74) is 11.7. The third-order valence-corrected chi connectivity index (χ3v) is 4.91. The first kappa shape index (κ1) is 17.2. The fourth-order valence-electron chi connectivity index (χ4n) is 2.63. The third-order valence-electron chi connectivity index (χ3n) is 3.85. The van der Waals surface area contributed by atoms with Crippen molar-refractivity contribution in [1.29, 1.82) is 0 Å². The molecule has 0 aliphatic heterocycles. The van der Waals surface area contributed by atoms with Crippen LogP contribution in [0.15, 0.2) is 87.8 Å².